The zero-order chi connectivity index (χ0) is 23.3. The van der Waals surface area contributed by atoms with Gasteiger partial charge in [-0.1, -0.05) is 48.5 Å². The molecule has 5 nitrogen and oxygen atoms in total. The van der Waals surface area contributed by atoms with Crippen molar-refractivity contribution in [1.29, 1.82) is 0 Å². The molecule has 33 heavy (non-hydrogen) atoms. The number of carbonyl (C=O) groups is 2. The number of rotatable bonds is 3. The molecule has 168 valence electrons. The number of alkyl halides is 3. The van der Waals surface area contributed by atoms with Gasteiger partial charge in [-0.15, -0.1) is 0 Å². The quantitative estimate of drug-likeness (QED) is 0.521. The Morgan fingerprint density at radius 2 is 1.48 bits per heavy atom. The van der Waals surface area contributed by atoms with Gasteiger partial charge in [-0.3, -0.25) is 14.4 Å². The molecule has 2 heterocycles. The molecular weight excluding hydrogens is 433 g/mol. The zero-order valence-electron chi connectivity index (χ0n) is 17.5. The first-order chi connectivity index (χ1) is 15.8. The molecule has 3 aromatic carbocycles. The lowest BCUT2D eigenvalue weighted by Gasteiger charge is -2.29. The molecule has 0 N–H and O–H groups in total. The minimum absolute atomic E-state index is 0.118. The summed E-state index contributed by atoms with van der Waals surface area (Å²) in [4.78, 5) is 33.7. The normalized spacial score (nSPS) is 22.7. The molecule has 3 aromatic rings. The number of benzene rings is 3. The second kappa shape index (κ2) is 7.74. The number of imide groups is 1. The average Bonchev–Trinajstić information content (AvgIpc) is 3.30. The number of hydroxylamine groups is 1. The SMILES string of the molecule is Cc1ccccc1[C@H]1[C@@H]2C(=O)N(c3cccc(C(F)(F)F)c3)C(=O)[C@H]2ON1c1ccccc1. The minimum Gasteiger partial charge on any atom is -0.273 e. The molecule has 0 aliphatic carbocycles. The Labute approximate surface area is 187 Å². The first-order valence-corrected chi connectivity index (χ1v) is 10.4. The number of amides is 2. The molecule has 0 saturated carbocycles. The van der Waals surface area contributed by atoms with E-state index in [1.807, 2.05) is 61.5 Å². The lowest BCUT2D eigenvalue weighted by Crippen LogP contribution is -2.37. The molecule has 2 amide bonds. The highest BCUT2D eigenvalue weighted by molar-refractivity contribution is 6.24. The highest BCUT2D eigenvalue weighted by Crippen LogP contribution is 2.48. The summed E-state index contributed by atoms with van der Waals surface area (Å²) >= 11 is 0. The Kier molecular flexibility index (Phi) is 4.97. The standard InChI is InChI=1S/C25H19F3N2O3/c1-15-8-5-6-13-19(15)21-20-22(33-30(21)17-10-3-2-4-11-17)24(32)29(23(20)31)18-12-7-9-16(14-18)25(26,27)28/h2-14,20-22H,1H3/t20-,21-,22-/m0/s1. The number of hydrogen-bond donors (Lipinski definition) is 0. The van der Waals surface area contributed by atoms with Crippen LogP contribution < -0.4 is 9.96 Å². The van der Waals surface area contributed by atoms with Crippen LogP contribution in [0.1, 0.15) is 22.7 Å². The third-order valence-corrected chi connectivity index (χ3v) is 6.06. The van der Waals surface area contributed by atoms with Crippen molar-refractivity contribution >= 4 is 23.2 Å². The van der Waals surface area contributed by atoms with E-state index >= 15 is 0 Å². The van der Waals surface area contributed by atoms with Crippen LogP contribution >= 0.6 is 0 Å². The van der Waals surface area contributed by atoms with Gasteiger partial charge in [0.1, 0.15) is 5.92 Å². The molecule has 8 heteroatoms. The van der Waals surface area contributed by atoms with E-state index in [4.69, 9.17) is 4.84 Å². The number of nitrogens with zero attached hydrogens (tertiary/aromatic N) is 2. The van der Waals surface area contributed by atoms with E-state index in [2.05, 4.69) is 0 Å². The summed E-state index contributed by atoms with van der Waals surface area (Å²) in [5.41, 5.74) is 1.34. The maximum Gasteiger partial charge on any atom is 0.416 e. The maximum absolute atomic E-state index is 13.5. The fourth-order valence-corrected chi connectivity index (χ4v) is 4.52. The number of halogens is 3. The Balaban J connectivity index is 1.59. The van der Waals surface area contributed by atoms with Crippen LogP contribution in [0.5, 0.6) is 0 Å². The topological polar surface area (TPSA) is 49.9 Å². The lowest BCUT2D eigenvalue weighted by molar-refractivity contribution is -0.137. The molecule has 3 atom stereocenters. The molecule has 2 aliphatic heterocycles. The van der Waals surface area contributed by atoms with Gasteiger partial charge in [-0.25, -0.2) is 9.96 Å². The largest absolute Gasteiger partial charge is 0.416 e. The van der Waals surface area contributed by atoms with Crippen molar-refractivity contribution in [3.8, 4) is 0 Å². The summed E-state index contributed by atoms with van der Waals surface area (Å²) in [6, 6.07) is 20.2. The number of aryl methyl sites for hydroxylation is 1. The molecule has 0 bridgehead atoms. The van der Waals surface area contributed by atoms with E-state index in [1.165, 1.54) is 12.1 Å². The van der Waals surface area contributed by atoms with Crippen LogP contribution in [0.2, 0.25) is 0 Å². The Bertz CT molecular complexity index is 1230. The second-order valence-corrected chi connectivity index (χ2v) is 8.07. The Hall–Kier alpha value is -3.65. The summed E-state index contributed by atoms with van der Waals surface area (Å²) < 4.78 is 39.7. The molecule has 0 radical (unpaired) electrons. The monoisotopic (exact) mass is 452 g/mol. The van der Waals surface area contributed by atoms with E-state index in [-0.39, 0.29) is 5.69 Å². The van der Waals surface area contributed by atoms with Crippen LogP contribution in [-0.4, -0.2) is 17.9 Å². The number of fused-ring (bicyclic) bond motifs is 1. The van der Waals surface area contributed by atoms with Crippen LogP contribution in [0.25, 0.3) is 0 Å². The highest BCUT2D eigenvalue weighted by Gasteiger charge is 2.60. The van der Waals surface area contributed by atoms with Crippen LogP contribution in [0.3, 0.4) is 0 Å². The van der Waals surface area contributed by atoms with Crippen molar-refractivity contribution < 1.29 is 27.6 Å². The average molecular weight is 452 g/mol. The van der Waals surface area contributed by atoms with Crippen molar-refractivity contribution in [3.05, 3.63) is 95.6 Å². The first kappa shape index (κ1) is 21.2. The van der Waals surface area contributed by atoms with Crippen molar-refractivity contribution in [3.63, 3.8) is 0 Å². The smallest absolute Gasteiger partial charge is 0.273 e. The van der Waals surface area contributed by atoms with E-state index in [0.29, 0.717) is 5.69 Å². The van der Waals surface area contributed by atoms with Gasteiger partial charge in [-0.2, -0.15) is 13.2 Å². The molecule has 2 fully saturated rings. The summed E-state index contributed by atoms with van der Waals surface area (Å²) in [5.74, 6) is -2.18. The van der Waals surface area contributed by atoms with Gasteiger partial charge >= 0.3 is 6.18 Å². The van der Waals surface area contributed by atoms with Gasteiger partial charge in [0.05, 0.1) is 23.0 Å². The fourth-order valence-electron chi connectivity index (χ4n) is 4.52. The van der Waals surface area contributed by atoms with Gasteiger partial charge in [0.25, 0.3) is 5.91 Å². The van der Waals surface area contributed by atoms with Crippen LogP contribution in [0.15, 0.2) is 78.9 Å². The van der Waals surface area contributed by atoms with Crippen LogP contribution in [0, 0.1) is 12.8 Å². The molecule has 2 aliphatic rings. The number of para-hydroxylation sites is 1. The molecule has 0 unspecified atom stereocenters. The van der Waals surface area contributed by atoms with Crippen molar-refractivity contribution in [1.82, 2.24) is 0 Å². The lowest BCUT2D eigenvalue weighted by atomic mass is 9.88. The molecule has 2 saturated heterocycles. The predicted octanol–water partition coefficient (Wildman–Crippen LogP) is 5.06. The van der Waals surface area contributed by atoms with Crippen molar-refractivity contribution in [2.75, 3.05) is 9.96 Å². The Morgan fingerprint density at radius 1 is 0.818 bits per heavy atom. The Morgan fingerprint density at radius 3 is 2.18 bits per heavy atom. The van der Waals surface area contributed by atoms with E-state index in [9.17, 15) is 22.8 Å². The minimum atomic E-state index is -4.60. The fraction of sp³-hybridized carbons (Fsp3) is 0.200. The van der Waals surface area contributed by atoms with E-state index in [1.54, 1.807) is 5.06 Å². The summed E-state index contributed by atoms with van der Waals surface area (Å²) in [7, 11) is 0. The van der Waals surface area contributed by atoms with Gasteiger partial charge < -0.3 is 0 Å². The van der Waals surface area contributed by atoms with Gasteiger partial charge in [0.15, 0.2) is 6.10 Å². The van der Waals surface area contributed by atoms with E-state index in [0.717, 1.165) is 28.2 Å². The molecular formula is C25H19F3N2O3. The number of carbonyl (C=O) groups excluding carboxylic acids is 2. The van der Waals surface area contributed by atoms with Crippen LogP contribution in [0.4, 0.5) is 24.5 Å². The summed E-state index contributed by atoms with van der Waals surface area (Å²) in [6.45, 7) is 1.90. The van der Waals surface area contributed by atoms with Gasteiger partial charge in [-0.05, 0) is 48.4 Å². The van der Waals surface area contributed by atoms with Crippen molar-refractivity contribution in [2.45, 2.75) is 25.2 Å². The highest BCUT2D eigenvalue weighted by atomic mass is 19.4. The van der Waals surface area contributed by atoms with Gasteiger partial charge in [0, 0.05) is 0 Å². The number of anilines is 2. The third kappa shape index (κ3) is 3.47. The number of hydrogen-bond acceptors (Lipinski definition) is 4. The predicted molar refractivity (Wildman–Crippen MR) is 115 cm³/mol. The summed E-state index contributed by atoms with van der Waals surface area (Å²) in [6.07, 6.45) is -5.74. The van der Waals surface area contributed by atoms with Crippen molar-refractivity contribution in [2.24, 2.45) is 5.92 Å². The van der Waals surface area contributed by atoms with E-state index < -0.39 is 41.6 Å². The molecule has 0 aromatic heterocycles. The van der Waals surface area contributed by atoms with Crippen LogP contribution in [-0.2, 0) is 20.6 Å². The third-order valence-electron chi connectivity index (χ3n) is 6.06. The summed E-state index contributed by atoms with van der Waals surface area (Å²) in [5, 5.41) is 1.57. The molecule has 0 spiro atoms. The van der Waals surface area contributed by atoms with Gasteiger partial charge in [0.2, 0.25) is 5.91 Å². The maximum atomic E-state index is 13.5. The zero-order valence-corrected chi connectivity index (χ0v) is 17.5. The first-order valence-electron chi connectivity index (χ1n) is 10.4. The molecule has 5 rings (SSSR count). The second-order valence-electron chi connectivity index (χ2n) is 8.07.